The van der Waals surface area contributed by atoms with Crippen LogP contribution in [0.4, 0.5) is 20.7 Å². The van der Waals surface area contributed by atoms with E-state index in [0.29, 0.717) is 62.9 Å². The van der Waals surface area contributed by atoms with E-state index in [1.807, 2.05) is 9.80 Å². The van der Waals surface area contributed by atoms with Crippen molar-refractivity contribution >= 4 is 44.6 Å². The fourth-order valence-electron chi connectivity index (χ4n) is 4.64. The summed E-state index contributed by atoms with van der Waals surface area (Å²) < 4.78 is 67.2. The summed E-state index contributed by atoms with van der Waals surface area (Å²) in [6.45, 7) is 2.79. The summed E-state index contributed by atoms with van der Waals surface area (Å²) in [5.41, 5.74) is 0.616. The number of sulfonamides is 1. The van der Waals surface area contributed by atoms with E-state index in [9.17, 15) is 17.2 Å². The van der Waals surface area contributed by atoms with Gasteiger partial charge in [-0.25, -0.2) is 26.9 Å². The molecule has 1 aromatic carbocycles. The molecule has 16 heteroatoms. The van der Waals surface area contributed by atoms with Crippen LogP contribution in [0.15, 0.2) is 18.2 Å². The van der Waals surface area contributed by atoms with Gasteiger partial charge in [0.25, 0.3) is 6.43 Å². The first-order chi connectivity index (χ1) is 18.3. The number of hydrogen-bond acceptors (Lipinski definition) is 10. The van der Waals surface area contributed by atoms with Crippen molar-refractivity contribution in [2.45, 2.75) is 25.3 Å². The van der Waals surface area contributed by atoms with Gasteiger partial charge >= 0.3 is 0 Å². The number of piperidine rings is 1. The summed E-state index contributed by atoms with van der Waals surface area (Å²) in [4.78, 5) is 21.7. The lowest BCUT2D eigenvalue weighted by Gasteiger charge is -2.34. The summed E-state index contributed by atoms with van der Waals surface area (Å²) in [7, 11) is -2.19. The number of ether oxygens (including phenoxy) is 2. The number of hydrogen-bond donors (Lipinski definition) is 1. The first-order valence-electron chi connectivity index (χ1n) is 12.0. The molecule has 3 aromatic rings. The number of anilines is 2. The van der Waals surface area contributed by atoms with Crippen LogP contribution in [0, 0.1) is 0 Å². The molecule has 38 heavy (non-hydrogen) atoms. The van der Waals surface area contributed by atoms with Crippen molar-refractivity contribution in [2.75, 3.05) is 61.5 Å². The predicted molar refractivity (Wildman–Crippen MR) is 137 cm³/mol. The standard InChI is InChI=1S/C22H27ClF2N8O4S/c1-36-16-6-2-5-15-17(16)26-19(18(24)25)33(15)22-28-20(31-8-10-37-11-9-31)27-21(29-22)32-7-3-4-14(12-32)30-38(34,35)13-23/h2,5-6,14,18,30H,3-4,7-13H2,1H3/t14-/m0/s1. The fraction of sp³-hybridized carbons (Fsp3) is 0.545. The number of imidazole rings is 1. The fourth-order valence-corrected chi connectivity index (χ4v) is 5.59. The molecule has 0 radical (unpaired) electrons. The number of halogens is 3. The molecule has 0 aliphatic carbocycles. The molecule has 0 saturated carbocycles. The largest absolute Gasteiger partial charge is 0.494 e. The molecule has 2 aromatic heterocycles. The average molecular weight is 573 g/mol. The van der Waals surface area contributed by atoms with Gasteiger partial charge < -0.3 is 19.3 Å². The van der Waals surface area contributed by atoms with Gasteiger partial charge in [0.1, 0.15) is 16.5 Å². The first-order valence-corrected chi connectivity index (χ1v) is 14.2. The van der Waals surface area contributed by atoms with Gasteiger partial charge in [0.15, 0.2) is 5.82 Å². The number of aromatic nitrogens is 5. The van der Waals surface area contributed by atoms with Crippen LogP contribution in [0.1, 0.15) is 25.1 Å². The number of morpholine rings is 1. The van der Waals surface area contributed by atoms with Crippen molar-refractivity contribution in [3.8, 4) is 11.7 Å². The molecule has 0 bridgehead atoms. The molecule has 0 unspecified atom stereocenters. The quantitative estimate of drug-likeness (QED) is 0.401. The lowest BCUT2D eigenvalue weighted by Crippen LogP contribution is -2.48. The zero-order chi connectivity index (χ0) is 26.9. The van der Waals surface area contributed by atoms with Crippen LogP contribution in [0.5, 0.6) is 5.75 Å². The molecule has 2 saturated heterocycles. The van der Waals surface area contributed by atoms with Crippen LogP contribution in [0.2, 0.25) is 0 Å². The highest BCUT2D eigenvalue weighted by atomic mass is 35.5. The molecule has 5 rings (SSSR count). The zero-order valence-electron chi connectivity index (χ0n) is 20.6. The van der Waals surface area contributed by atoms with Crippen molar-refractivity contribution in [3.05, 3.63) is 24.0 Å². The Labute approximate surface area is 223 Å². The average Bonchev–Trinajstić information content (AvgIpc) is 3.34. The molecule has 2 aliphatic heterocycles. The Morgan fingerprint density at radius 2 is 1.82 bits per heavy atom. The highest BCUT2D eigenvalue weighted by Gasteiger charge is 2.29. The molecule has 4 heterocycles. The summed E-state index contributed by atoms with van der Waals surface area (Å²) >= 11 is 5.57. The van der Waals surface area contributed by atoms with Gasteiger partial charge in [0.2, 0.25) is 27.9 Å². The Hall–Kier alpha value is -2.88. The lowest BCUT2D eigenvalue weighted by molar-refractivity contribution is 0.122. The maximum atomic E-state index is 14.2. The highest BCUT2D eigenvalue weighted by molar-refractivity contribution is 7.90. The number of alkyl halides is 3. The van der Waals surface area contributed by atoms with E-state index < -0.39 is 33.5 Å². The summed E-state index contributed by atoms with van der Waals surface area (Å²) in [5.74, 6) is 0.348. The minimum atomic E-state index is -3.63. The topological polar surface area (TPSA) is 128 Å². The molecule has 0 spiro atoms. The number of nitrogens with one attached hydrogen (secondary N) is 1. The smallest absolute Gasteiger partial charge is 0.296 e. The van der Waals surface area contributed by atoms with Crippen molar-refractivity contribution in [2.24, 2.45) is 0 Å². The minimum absolute atomic E-state index is 0.0222. The Kier molecular flexibility index (Phi) is 7.79. The van der Waals surface area contributed by atoms with Crippen LogP contribution in [-0.2, 0) is 14.8 Å². The van der Waals surface area contributed by atoms with Crippen LogP contribution >= 0.6 is 11.6 Å². The van der Waals surface area contributed by atoms with Gasteiger partial charge in [-0.05, 0) is 25.0 Å². The van der Waals surface area contributed by atoms with Crippen LogP contribution in [0.25, 0.3) is 17.0 Å². The van der Waals surface area contributed by atoms with E-state index in [1.54, 1.807) is 18.2 Å². The third kappa shape index (κ3) is 5.46. The van der Waals surface area contributed by atoms with Crippen molar-refractivity contribution in [1.29, 1.82) is 0 Å². The predicted octanol–water partition coefficient (Wildman–Crippen LogP) is 2.08. The molecular weight excluding hydrogens is 546 g/mol. The molecule has 2 aliphatic rings. The highest BCUT2D eigenvalue weighted by Crippen LogP contribution is 2.32. The number of nitrogens with zero attached hydrogens (tertiary/aromatic N) is 7. The molecule has 1 N–H and O–H groups in total. The molecule has 1 atom stereocenters. The van der Waals surface area contributed by atoms with Gasteiger partial charge in [-0.15, -0.1) is 11.6 Å². The Bertz CT molecular complexity index is 1400. The SMILES string of the molecule is COc1cccc2c1nc(C(F)F)n2-c1nc(N2CCOCC2)nc(N2CCC[C@H](NS(=O)(=O)CCl)C2)n1. The molecule has 12 nitrogen and oxygen atoms in total. The second-order valence-corrected chi connectivity index (χ2v) is 11.2. The van der Waals surface area contributed by atoms with Gasteiger partial charge in [0, 0.05) is 32.2 Å². The third-order valence-electron chi connectivity index (χ3n) is 6.38. The molecule has 2 fully saturated rings. The monoisotopic (exact) mass is 572 g/mol. The molecule has 0 amide bonds. The Balaban J connectivity index is 1.62. The van der Waals surface area contributed by atoms with E-state index in [2.05, 4.69) is 24.7 Å². The molecular formula is C22H27ClF2N8O4S. The zero-order valence-corrected chi connectivity index (χ0v) is 22.1. The van der Waals surface area contributed by atoms with Crippen molar-refractivity contribution in [1.82, 2.24) is 29.2 Å². The van der Waals surface area contributed by atoms with E-state index >= 15 is 0 Å². The first kappa shape index (κ1) is 26.7. The van der Waals surface area contributed by atoms with E-state index in [-0.39, 0.29) is 24.0 Å². The van der Waals surface area contributed by atoms with E-state index in [1.165, 1.54) is 11.7 Å². The van der Waals surface area contributed by atoms with Gasteiger partial charge in [-0.1, -0.05) is 6.07 Å². The van der Waals surface area contributed by atoms with Crippen molar-refractivity contribution < 1.29 is 26.7 Å². The van der Waals surface area contributed by atoms with E-state index in [4.69, 9.17) is 21.1 Å². The normalized spacial score (nSPS) is 18.9. The molecule has 206 valence electrons. The third-order valence-corrected chi connectivity index (χ3v) is 8.22. The Morgan fingerprint density at radius 1 is 1.11 bits per heavy atom. The number of rotatable bonds is 8. The van der Waals surface area contributed by atoms with Gasteiger partial charge in [-0.2, -0.15) is 15.0 Å². The number of para-hydroxylation sites is 1. The summed E-state index contributed by atoms with van der Waals surface area (Å²) in [6.07, 6.45) is -1.64. The number of benzene rings is 1. The van der Waals surface area contributed by atoms with Crippen LogP contribution < -0.4 is 19.3 Å². The number of methoxy groups -OCH3 is 1. The van der Waals surface area contributed by atoms with Gasteiger partial charge in [0.05, 0.1) is 25.8 Å². The van der Waals surface area contributed by atoms with E-state index in [0.717, 1.165) is 0 Å². The van der Waals surface area contributed by atoms with Crippen LogP contribution in [0.3, 0.4) is 0 Å². The van der Waals surface area contributed by atoms with Gasteiger partial charge in [-0.3, -0.25) is 4.57 Å². The number of fused-ring (bicyclic) bond motifs is 1. The minimum Gasteiger partial charge on any atom is -0.494 e. The summed E-state index contributed by atoms with van der Waals surface area (Å²) in [5, 5.41) is -0.547. The van der Waals surface area contributed by atoms with Crippen LogP contribution in [-0.4, -0.2) is 90.7 Å². The second-order valence-electron chi connectivity index (χ2n) is 8.90. The summed E-state index contributed by atoms with van der Waals surface area (Å²) in [6, 6.07) is 4.56. The maximum absolute atomic E-state index is 14.2. The lowest BCUT2D eigenvalue weighted by atomic mass is 10.1. The van der Waals surface area contributed by atoms with Crippen molar-refractivity contribution in [3.63, 3.8) is 0 Å². The second kappa shape index (κ2) is 11.1. The Morgan fingerprint density at radius 3 is 2.50 bits per heavy atom. The maximum Gasteiger partial charge on any atom is 0.296 e.